The predicted octanol–water partition coefficient (Wildman–Crippen LogP) is 4.11. The number of benzene rings is 1. The van der Waals surface area contributed by atoms with Crippen molar-refractivity contribution in [1.29, 1.82) is 0 Å². The summed E-state index contributed by atoms with van der Waals surface area (Å²) in [6.45, 7) is 0. The van der Waals surface area contributed by atoms with Crippen LogP contribution in [0, 0.1) is 5.82 Å². The minimum absolute atomic E-state index is 0.259. The van der Waals surface area contributed by atoms with E-state index >= 15 is 0 Å². The maximum absolute atomic E-state index is 12.8. The first-order valence-corrected chi connectivity index (χ1v) is 7.97. The molecule has 21 heavy (non-hydrogen) atoms. The molecule has 0 radical (unpaired) electrons. The fourth-order valence-corrected chi connectivity index (χ4v) is 3.31. The smallest absolute Gasteiger partial charge is 0.210 e. The molecular weight excluding hydrogens is 307 g/mol. The van der Waals surface area contributed by atoms with Gasteiger partial charge >= 0.3 is 0 Å². The van der Waals surface area contributed by atoms with Crippen LogP contribution in [-0.2, 0) is 5.75 Å². The predicted molar refractivity (Wildman–Crippen MR) is 83.4 cm³/mol. The number of anilines is 2. The molecule has 106 valence electrons. The van der Waals surface area contributed by atoms with E-state index in [1.54, 1.807) is 30.1 Å². The second-order valence-corrected chi connectivity index (χ2v) is 6.35. The van der Waals surface area contributed by atoms with Gasteiger partial charge in [0.1, 0.15) is 5.82 Å². The lowest BCUT2D eigenvalue weighted by Gasteiger charge is -2.00. The summed E-state index contributed by atoms with van der Waals surface area (Å²) in [7, 11) is 0. The number of thioether (sulfide) groups is 1. The molecule has 3 aromatic rings. The summed E-state index contributed by atoms with van der Waals surface area (Å²) in [4.78, 5) is 4.08. The third kappa shape index (κ3) is 3.99. The van der Waals surface area contributed by atoms with Crippen molar-refractivity contribution >= 4 is 33.9 Å². The van der Waals surface area contributed by atoms with E-state index < -0.39 is 0 Å². The van der Waals surface area contributed by atoms with Gasteiger partial charge in [-0.15, -0.1) is 10.2 Å². The minimum atomic E-state index is -0.259. The van der Waals surface area contributed by atoms with Crippen molar-refractivity contribution in [3.63, 3.8) is 0 Å². The van der Waals surface area contributed by atoms with Crippen LogP contribution >= 0.6 is 23.1 Å². The average molecular weight is 318 g/mol. The fraction of sp³-hybridized carbons (Fsp3) is 0.0714. The summed E-state index contributed by atoms with van der Waals surface area (Å²) in [5, 5.41) is 12.0. The molecule has 0 aliphatic rings. The SMILES string of the molecule is Fc1ccc(Nc2nnc(SCc3cccnc3)s2)cc1. The molecular formula is C14H11FN4S2. The van der Waals surface area contributed by atoms with E-state index in [1.165, 1.54) is 23.5 Å². The third-order valence-electron chi connectivity index (χ3n) is 2.59. The molecule has 0 saturated carbocycles. The van der Waals surface area contributed by atoms with E-state index in [0.717, 1.165) is 21.3 Å². The van der Waals surface area contributed by atoms with Gasteiger partial charge in [-0.05, 0) is 35.9 Å². The van der Waals surface area contributed by atoms with Crippen molar-refractivity contribution in [2.75, 3.05) is 5.32 Å². The summed E-state index contributed by atoms with van der Waals surface area (Å²) in [6.07, 6.45) is 3.59. The van der Waals surface area contributed by atoms with Crippen LogP contribution in [0.5, 0.6) is 0 Å². The first-order chi connectivity index (χ1) is 10.3. The zero-order valence-electron chi connectivity index (χ0n) is 10.9. The molecule has 2 aromatic heterocycles. The summed E-state index contributed by atoms with van der Waals surface area (Å²) >= 11 is 3.08. The molecule has 4 nitrogen and oxygen atoms in total. The van der Waals surface area contributed by atoms with Crippen LogP contribution in [0.4, 0.5) is 15.2 Å². The first-order valence-electron chi connectivity index (χ1n) is 6.17. The summed E-state index contributed by atoms with van der Waals surface area (Å²) in [6, 6.07) is 10.1. The van der Waals surface area contributed by atoms with Crippen LogP contribution in [0.1, 0.15) is 5.56 Å². The van der Waals surface area contributed by atoms with E-state index in [4.69, 9.17) is 0 Å². The Hall–Kier alpha value is -1.99. The molecule has 0 bridgehead atoms. The van der Waals surface area contributed by atoms with E-state index in [0.29, 0.717) is 5.13 Å². The van der Waals surface area contributed by atoms with Crippen LogP contribution in [-0.4, -0.2) is 15.2 Å². The van der Waals surface area contributed by atoms with E-state index in [-0.39, 0.29) is 5.82 Å². The van der Waals surface area contributed by atoms with Crippen LogP contribution in [0.15, 0.2) is 53.1 Å². The van der Waals surface area contributed by atoms with Gasteiger partial charge in [-0.2, -0.15) is 0 Å². The lowest BCUT2D eigenvalue weighted by Crippen LogP contribution is -1.89. The second-order valence-electron chi connectivity index (χ2n) is 4.15. The zero-order chi connectivity index (χ0) is 14.5. The highest BCUT2D eigenvalue weighted by molar-refractivity contribution is 8.00. The van der Waals surface area contributed by atoms with Gasteiger partial charge in [-0.3, -0.25) is 4.98 Å². The Morgan fingerprint density at radius 2 is 2.00 bits per heavy atom. The van der Waals surface area contributed by atoms with Crippen molar-refractivity contribution in [3.8, 4) is 0 Å². The molecule has 7 heteroatoms. The van der Waals surface area contributed by atoms with E-state index in [1.807, 2.05) is 18.3 Å². The van der Waals surface area contributed by atoms with Crippen LogP contribution in [0.2, 0.25) is 0 Å². The van der Waals surface area contributed by atoms with Gasteiger partial charge in [-0.1, -0.05) is 29.2 Å². The average Bonchev–Trinajstić information content (AvgIpc) is 2.96. The number of nitrogens with zero attached hydrogens (tertiary/aromatic N) is 3. The van der Waals surface area contributed by atoms with Crippen LogP contribution in [0.3, 0.4) is 0 Å². The van der Waals surface area contributed by atoms with Gasteiger partial charge < -0.3 is 5.32 Å². The van der Waals surface area contributed by atoms with Crippen molar-refractivity contribution in [2.24, 2.45) is 0 Å². The largest absolute Gasteiger partial charge is 0.330 e. The Morgan fingerprint density at radius 1 is 1.14 bits per heavy atom. The number of pyridine rings is 1. The normalized spacial score (nSPS) is 10.5. The Bertz CT molecular complexity index is 701. The lowest BCUT2D eigenvalue weighted by atomic mass is 10.3. The van der Waals surface area contributed by atoms with Gasteiger partial charge in [0.05, 0.1) is 0 Å². The maximum atomic E-state index is 12.8. The molecule has 0 aliphatic carbocycles. The first kappa shape index (κ1) is 14.0. The molecule has 2 heterocycles. The topological polar surface area (TPSA) is 50.7 Å². The Labute approximate surface area is 129 Å². The van der Waals surface area contributed by atoms with Gasteiger partial charge in [0.25, 0.3) is 0 Å². The number of aromatic nitrogens is 3. The molecule has 1 aromatic carbocycles. The standard InChI is InChI=1S/C14H11FN4S2/c15-11-3-5-12(6-4-11)17-13-18-19-14(21-13)20-9-10-2-1-7-16-8-10/h1-8H,9H2,(H,17,18). The molecule has 0 saturated heterocycles. The summed E-state index contributed by atoms with van der Waals surface area (Å²) in [5.74, 6) is 0.546. The van der Waals surface area contributed by atoms with Crippen molar-refractivity contribution in [1.82, 2.24) is 15.2 Å². The summed E-state index contributed by atoms with van der Waals surface area (Å²) < 4.78 is 13.7. The van der Waals surface area contributed by atoms with E-state index in [9.17, 15) is 4.39 Å². The monoisotopic (exact) mass is 318 g/mol. The third-order valence-corrected chi connectivity index (χ3v) is 4.63. The molecule has 0 fully saturated rings. The van der Waals surface area contributed by atoms with Gasteiger partial charge in [0, 0.05) is 23.8 Å². The molecule has 3 rings (SSSR count). The number of hydrogen-bond acceptors (Lipinski definition) is 6. The quantitative estimate of drug-likeness (QED) is 0.718. The van der Waals surface area contributed by atoms with Gasteiger partial charge in [-0.25, -0.2) is 4.39 Å². The highest BCUT2D eigenvalue weighted by Crippen LogP contribution is 2.29. The Morgan fingerprint density at radius 3 is 2.76 bits per heavy atom. The number of halogens is 1. The zero-order valence-corrected chi connectivity index (χ0v) is 12.5. The van der Waals surface area contributed by atoms with Crippen molar-refractivity contribution < 1.29 is 4.39 Å². The molecule has 1 N–H and O–H groups in total. The highest BCUT2D eigenvalue weighted by atomic mass is 32.2. The van der Waals surface area contributed by atoms with Gasteiger partial charge in [0.2, 0.25) is 5.13 Å². The molecule has 0 aliphatic heterocycles. The molecule has 0 unspecified atom stereocenters. The minimum Gasteiger partial charge on any atom is -0.330 e. The lowest BCUT2D eigenvalue weighted by molar-refractivity contribution is 0.628. The fourth-order valence-electron chi connectivity index (χ4n) is 1.60. The molecule has 0 amide bonds. The van der Waals surface area contributed by atoms with Crippen LogP contribution in [0.25, 0.3) is 0 Å². The Kier molecular flexibility index (Phi) is 4.42. The molecule has 0 spiro atoms. The maximum Gasteiger partial charge on any atom is 0.210 e. The Balaban J connectivity index is 1.59. The second kappa shape index (κ2) is 6.64. The number of nitrogens with one attached hydrogen (secondary N) is 1. The molecule has 0 atom stereocenters. The van der Waals surface area contributed by atoms with E-state index in [2.05, 4.69) is 20.5 Å². The number of rotatable bonds is 5. The van der Waals surface area contributed by atoms with Crippen LogP contribution < -0.4 is 5.32 Å². The van der Waals surface area contributed by atoms with Gasteiger partial charge in [0.15, 0.2) is 4.34 Å². The highest BCUT2D eigenvalue weighted by Gasteiger charge is 2.05. The van der Waals surface area contributed by atoms with Crippen molar-refractivity contribution in [2.45, 2.75) is 10.1 Å². The van der Waals surface area contributed by atoms with Crippen molar-refractivity contribution in [3.05, 3.63) is 60.2 Å². The summed E-state index contributed by atoms with van der Waals surface area (Å²) in [5.41, 5.74) is 1.93. The number of hydrogen-bond donors (Lipinski definition) is 1.